The van der Waals surface area contributed by atoms with Crippen molar-refractivity contribution in [1.29, 1.82) is 0 Å². The van der Waals surface area contributed by atoms with E-state index in [1.807, 2.05) is 0 Å². The van der Waals surface area contributed by atoms with E-state index in [4.69, 9.17) is 0 Å². The Labute approximate surface area is 131 Å². The van der Waals surface area contributed by atoms with Crippen LogP contribution >= 0.6 is 0 Å². The minimum absolute atomic E-state index is 0.0376. The van der Waals surface area contributed by atoms with Gasteiger partial charge in [0.15, 0.2) is 0 Å². The van der Waals surface area contributed by atoms with Crippen LogP contribution in [0.4, 0.5) is 13.2 Å². The first-order valence-corrected chi connectivity index (χ1v) is 7.44. The first kappa shape index (κ1) is 15.8. The van der Waals surface area contributed by atoms with Gasteiger partial charge in [-0.05, 0) is 37.1 Å². The number of carbonyl (C=O) groups excluding carboxylic acids is 2. The minimum atomic E-state index is -3.12. The van der Waals surface area contributed by atoms with E-state index in [0.717, 1.165) is 11.0 Å². The number of halogens is 3. The van der Waals surface area contributed by atoms with Crippen LogP contribution in [0.2, 0.25) is 0 Å². The van der Waals surface area contributed by atoms with Gasteiger partial charge >= 0.3 is 0 Å². The molecule has 2 saturated heterocycles. The van der Waals surface area contributed by atoms with Crippen LogP contribution < -0.4 is 5.32 Å². The topological polar surface area (TPSA) is 49.4 Å². The lowest BCUT2D eigenvalue weighted by Gasteiger charge is -2.42. The van der Waals surface area contributed by atoms with E-state index in [9.17, 15) is 22.8 Å². The van der Waals surface area contributed by atoms with Crippen LogP contribution in [0, 0.1) is 18.2 Å². The van der Waals surface area contributed by atoms with Gasteiger partial charge in [-0.3, -0.25) is 9.59 Å². The second-order valence-corrected chi connectivity index (χ2v) is 6.44. The summed E-state index contributed by atoms with van der Waals surface area (Å²) in [4.78, 5) is 25.7. The molecule has 3 rings (SSSR count). The Bertz CT molecular complexity index is 677. The van der Waals surface area contributed by atoms with Gasteiger partial charge in [-0.2, -0.15) is 0 Å². The number of carbonyl (C=O) groups is 2. The van der Waals surface area contributed by atoms with Gasteiger partial charge in [0.25, 0.3) is 11.8 Å². The average molecular weight is 326 g/mol. The van der Waals surface area contributed by atoms with Gasteiger partial charge in [0.2, 0.25) is 5.91 Å². The van der Waals surface area contributed by atoms with Crippen molar-refractivity contribution >= 4 is 11.8 Å². The molecule has 2 aliphatic rings. The molecule has 0 bridgehead atoms. The number of amides is 2. The number of aryl methyl sites for hydroxylation is 1. The number of nitrogens with one attached hydrogen (secondary N) is 1. The highest BCUT2D eigenvalue weighted by Crippen LogP contribution is 2.43. The van der Waals surface area contributed by atoms with Gasteiger partial charge in [0, 0.05) is 25.1 Å². The molecule has 0 aromatic heterocycles. The Balaban J connectivity index is 1.92. The van der Waals surface area contributed by atoms with Crippen molar-refractivity contribution < 1.29 is 22.8 Å². The summed E-state index contributed by atoms with van der Waals surface area (Å²) in [7, 11) is 0. The Morgan fingerprint density at radius 2 is 2.04 bits per heavy atom. The summed E-state index contributed by atoms with van der Waals surface area (Å²) in [5, 5.41) is 2.58. The van der Waals surface area contributed by atoms with Crippen LogP contribution in [0.5, 0.6) is 0 Å². The van der Waals surface area contributed by atoms with Crippen molar-refractivity contribution in [2.24, 2.45) is 5.41 Å². The van der Waals surface area contributed by atoms with Crippen molar-refractivity contribution in [1.82, 2.24) is 10.2 Å². The second kappa shape index (κ2) is 5.25. The summed E-state index contributed by atoms with van der Waals surface area (Å²) in [5.74, 6) is -4.63. The summed E-state index contributed by atoms with van der Waals surface area (Å²) in [6.07, 6.45) is -0.258. The molecule has 1 atom stereocenters. The average Bonchev–Trinajstić information content (AvgIpc) is 2.76. The van der Waals surface area contributed by atoms with Crippen LogP contribution in [-0.4, -0.2) is 42.3 Å². The molecule has 2 heterocycles. The third-order valence-electron chi connectivity index (χ3n) is 4.59. The summed E-state index contributed by atoms with van der Waals surface area (Å²) in [6, 6.07) is 3.61. The monoisotopic (exact) mass is 326 g/mol. The lowest BCUT2D eigenvalue weighted by Crippen LogP contribution is -2.57. The summed E-state index contributed by atoms with van der Waals surface area (Å²) in [5.41, 5.74) is -0.669. The van der Waals surface area contributed by atoms with Gasteiger partial charge in [-0.1, -0.05) is 0 Å². The molecule has 1 aromatic carbocycles. The Kier molecular flexibility index (Phi) is 3.61. The van der Waals surface area contributed by atoms with Crippen molar-refractivity contribution in [3.63, 3.8) is 0 Å². The minimum Gasteiger partial charge on any atom is -0.356 e. The normalized spacial score (nSPS) is 26.4. The number of likely N-dealkylation sites (tertiary alicyclic amines) is 1. The summed E-state index contributed by atoms with van der Waals surface area (Å²) >= 11 is 0. The van der Waals surface area contributed by atoms with Crippen molar-refractivity contribution in [2.45, 2.75) is 25.7 Å². The van der Waals surface area contributed by atoms with Crippen molar-refractivity contribution in [3.05, 3.63) is 35.1 Å². The highest BCUT2D eigenvalue weighted by molar-refractivity contribution is 5.96. The molecule has 2 aliphatic heterocycles. The fourth-order valence-electron chi connectivity index (χ4n) is 3.52. The number of nitrogens with zero attached hydrogens (tertiary/aromatic N) is 1. The van der Waals surface area contributed by atoms with Gasteiger partial charge in [-0.15, -0.1) is 0 Å². The summed E-state index contributed by atoms with van der Waals surface area (Å²) in [6.45, 7) is 1.13. The van der Waals surface area contributed by atoms with Crippen molar-refractivity contribution in [2.75, 3.05) is 19.6 Å². The van der Waals surface area contributed by atoms with Gasteiger partial charge in [0.1, 0.15) is 5.82 Å². The molecule has 1 spiro atoms. The van der Waals surface area contributed by atoms with E-state index < -0.39 is 41.9 Å². The molecule has 0 radical (unpaired) electrons. The highest BCUT2D eigenvalue weighted by atomic mass is 19.3. The highest BCUT2D eigenvalue weighted by Gasteiger charge is 2.55. The zero-order chi connectivity index (χ0) is 16.8. The predicted octanol–water partition coefficient (Wildman–Crippen LogP) is 2.12. The third-order valence-corrected chi connectivity index (χ3v) is 4.59. The number of benzene rings is 1. The predicted molar refractivity (Wildman–Crippen MR) is 76.7 cm³/mol. The fourth-order valence-corrected chi connectivity index (χ4v) is 3.52. The number of alkyl halides is 2. The molecule has 1 N–H and O–H groups in total. The molecule has 7 heteroatoms. The molecule has 1 aromatic rings. The molecule has 2 amide bonds. The molecule has 124 valence electrons. The molecule has 0 aliphatic carbocycles. The molecule has 0 unspecified atom stereocenters. The molecule has 23 heavy (non-hydrogen) atoms. The van der Waals surface area contributed by atoms with Crippen LogP contribution in [0.3, 0.4) is 0 Å². The van der Waals surface area contributed by atoms with E-state index in [1.165, 1.54) is 12.1 Å². The van der Waals surface area contributed by atoms with Crippen molar-refractivity contribution in [3.8, 4) is 0 Å². The van der Waals surface area contributed by atoms with E-state index in [0.29, 0.717) is 12.1 Å². The maximum absolute atomic E-state index is 14.1. The number of rotatable bonds is 1. The second-order valence-electron chi connectivity index (χ2n) is 6.44. The van der Waals surface area contributed by atoms with Crippen LogP contribution in [0.25, 0.3) is 0 Å². The SMILES string of the molecule is Cc1cc(F)ccc1C(=O)N1CC(F)(F)C[C@@]2(CCNC2=O)C1. The van der Waals surface area contributed by atoms with Crippen LogP contribution in [0.1, 0.15) is 28.8 Å². The maximum atomic E-state index is 14.1. The van der Waals surface area contributed by atoms with Gasteiger partial charge in [0.05, 0.1) is 12.0 Å². The van der Waals surface area contributed by atoms with E-state index >= 15 is 0 Å². The molecular weight excluding hydrogens is 309 g/mol. The first-order chi connectivity index (χ1) is 10.7. The van der Waals surface area contributed by atoms with Crippen LogP contribution in [0.15, 0.2) is 18.2 Å². The van der Waals surface area contributed by atoms with Crippen LogP contribution in [-0.2, 0) is 4.79 Å². The zero-order valence-corrected chi connectivity index (χ0v) is 12.7. The quantitative estimate of drug-likeness (QED) is 0.859. The standard InChI is InChI=1S/C16H17F3N2O2/c1-10-6-11(17)2-3-12(10)13(22)21-8-15(4-5-20-14(15)23)7-16(18,19)9-21/h2-3,6H,4-5,7-9H2,1H3,(H,20,23)/t15-/m0/s1. The number of hydrogen-bond acceptors (Lipinski definition) is 2. The first-order valence-electron chi connectivity index (χ1n) is 7.44. The Hall–Kier alpha value is -2.05. The summed E-state index contributed by atoms with van der Waals surface area (Å²) < 4.78 is 41.4. The number of hydrogen-bond donors (Lipinski definition) is 1. The smallest absolute Gasteiger partial charge is 0.266 e. The largest absolute Gasteiger partial charge is 0.356 e. The van der Waals surface area contributed by atoms with Gasteiger partial charge in [-0.25, -0.2) is 13.2 Å². The van der Waals surface area contributed by atoms with E-state index in [-0.39, 0.29) is 18.5 Å². The lowest BCUT2D eigenvalue weighted by atomic mass is 9.77. The Morgan fingerprint density at radius 3 is 2.65 bits per heavy atom. The van der Waals surface area contributed by atoms with Gasteiger partial charge < -0.3 is 10.2 Å². The maximum Gasteiger partial charge on any atom is 0.266 e. The zero-order valence-electron chi connectivity index (χ0n) is 12.7. The fraction of sp³-hybridized carbons (Fsp3) is 0.500. The molecular formula is C16H17F3N2O2. The number of piperidine rings is 1. The third kappa shape index (κ3) is 2.80. The molecule has 4 nitrogen and oxygen atoms in total. The lowest BCUT2D eigenvalue weighted by molar-refractivity contribution is -0.144. The molecule has 2 fully saturated rings. The van der Waals surface area contributed by atoms with E-state index in [1.54, 1.807) is 6.92 Å². The molecule has 0 saturated carbocycles. The Morgan fingerprint density at radius 1 is 1.30 bits per heavy atom. The van der Waals surface area contributed by atoms with E-state index in [2.05, 4.69) is 5.32 Å².